The van der Waals surface area contributed by atoms with Crippen LogP contribution in [0.4, 0.5) is 0 Å². The number of furan rings is 1. The van der Waals surface area contributed by atoms with Gasteiger partial charge in [-0.2, -0.15) is 0 Å². The van der Waals surface area contributed by atoms with Gasteiger partial charge in [-0.3, -0.25) is 9.80 Å². The van der Waals surface area contributed by atoms with E-state index in [1.165, 1.54) is 37.9 Å². The van der Waals surface area contributed by atoms with Crippen LogP contribution < -0.4 is 5.32 Å². The monoisotopic (exact) mass is 263 g/mol. The van der Waals surface area contributed by atoms with Crippen LogP contribution in [0.3, 0.4) is 0 Å². The molecule has 19 heavy (non-hydrogen) atoms. The first-order chi connectivity index (χ1) is 9.28. The van der Waals surface area contributed by atoms with Gasteiger partial charge in [0.25, 0.3) is 0 Å². The molecule has 2 aliphatic heterocycles. The number of hydrogen-bond acceptors (Lipinski definition) is 4. The molecular weight excluding hydrogens is 238 g/mol. The summed E-state index contributed by atoms with van der Waals surface area (Å²) in [6.07, 6.45) is 5.89. The van der Waals surface area contributed by atoms with Crippen molar-refractivity contribution in [3.05, 3.63) is 23.7 Å². The van der Waals surface area contributed by atoms with Crippen molar-refractivity contribution in [1.29, 1.82) is 0 Å². The summed E-state index contributed by atoms with van der Waals surface area (Å²) in [5, 5.41) is 3.17. The summed E-state index contributed by atoms with van der Waals surface area (Å²) in [6.45, 7) is 4.28. The molecule has 4 nitrogen and oxygen atoms in total. The summed E-state index contributed by atoms with van der Waals surface area (Å²) in [4.78, 5) is 5.20. The summed E-state index contributed by atoms with van der Waals surface area (Å²) in [7, 11) is 4.27. The first-order valence-electron chi connectivity index (χ1n) is 7.42. The van der Waals surface area contributed by atoms with E-state index >= 15 is 0 Å². The second kappa shape index (κ2) is 5.65. The van der Waals surface area contributed by atoms with E-state index in [0.717, 1.165) is 30.9 Å². The van der Waals surface area contributed by atoms with Gasteiger partial charge in [0.05, 0.1) is 12.8 Å². The minimum Gasteiger partial charge on any atom is -0.468 e. The molecule has 2 aliphatic rings. The Hall–Kier alpha value is -0.840. The van der Waals surface area contributed by atoms with Gasteiger partial charge in [0.15, 0.2) is 0 Å². The Morgan fingerprint density at radius 2 is 2.16 bits per heavy atom. The standard InChI is InChI=1S/C15H25N3O/c1-16-9-15-12(6-8-19-15)10-18-7-5-13-3-4-14(11-18)17(13)2/h6,8,13-14,16H,3-5,7,9-11H2,1-2H3. The molecule has 2 atom stereocenters. The average Bonchev–Trinajstić information content (AvgIpc) is 2.90. The summed E-state index contributed by atoms with van der Waals surface area (Å²) < 4.78 is 5.56. The molecule has 2 fully saturated rings. The van der Waals surface area contributed by atoms with Crippen LogP contribution in [0.1, 0.15) is 30.6 Å². The van der Waals surface area contributed by atoms with Crippen LogP contribution in [0.2, 0.25) is 0 Å². The molecule has 0 saturated carbocycles. The zero-order valence-electron chi connectivity index (χ0n) is 12.1. The number of likely N-dealkylation sites (N-methyl/N-ethyl adjacent to an activating group) is 1. The molecule has 106 valence electrons. The quantitative estimate of drug-likeness (QED) is 0.895. The van der Waals surface area contributed by atoms with E-state index in [2.05, 4.69) is 28.2 Å². The van der Waals surface area contributed by atoms with Gasteiger partial charge < -0.3 is 9.73 Å². The van der Waals surface area contributed by atoms with Crippen LogP contribution in [-0.4, -0.2) is 49.1 Å². The van der Waals surface area contributed by atoms with Crippen LogP contribution in [0.5, 0.6) is 0 Å². The lowest BCUT2D eigenvalue weighted by Gasteiger charge is -2.25. The Bertz CT molecular complexity index is 417. The summed E-state index contributed by atoms with van der Waals surface area (Å²) in [5.41, 5.74) is 1.34. The molecule has 1 aromatic heterocycles. The lowest BCUT2D eigenvalue weighted by atomic mass is 10.1. The van der Waals surface area contributed by atoms with Crippen molar-refractivity contribution in [2.45, 2.75) is 44.4 Å². The summed E-state index contributed by atoms with van der Waals surface area (Å²) in [6, 6.07) is 3.70. The number of fused-ring (bicyclic) bond motifs is 2. The highest BCUT2D eigenvalue weighted by atomic mass is 16.3. The van der Waals surface area contributed by atoms with E-state index in [1.54, 1.807) is 0 Å². The molecule has 1 aromatic rings. The third-order valence-electron chi connectivity index (χ3n) is 4.80. The smallest absolute Gasteiger partial charge is 0.122 e. The topological polar surface area (TPSA) is 31.7 Å². The normalized spacial score (nSPS) is 28.7. The van der Waals surface area contributed by atoms with Gasteiger partial charge in [-0.25, -0.2) is 0 Å². The molecule has 0 aliphatic carbocycles. The maximum Gasteiger partial charge on any atom is 0.122 e. The first kappa shape index (κ1) is 13.2. The lowest BCUT2D eigenvalue weighted by Crippen LogP contribution is -2.36. The Morgan fingerprint density at radius 3 is 3.00 bits per heavy atom. The molecule has 0 aromatic carbocycles. The zero-order chi connectivity index (χ0) is 13.2. The minimum atomic E-state index is 0.757. The fourth-order valence-electron chi connectivity index (χ4n) is 3.59. The largest absolute Gasteiger partial charge is 0.468 e. The summed E-state index contributed by atoms with van der Waals surface area (Å²) in [5.74, 6) is 1.09. The van der Waals surface area contributed by atoms with Crippen molar-refractivity contribution in [3.8, 4) is 0 Å². The van der Waals surface area contributed by atoms with E-state index in [0.29, 0.717) is 0 Å². The van der Waals surface area contributed by atoms with Crippen molar-refractivity contribution < 1.29 is 4.42 Å². The van der Waals surface area contributed by atoms with Crippen molar-refractivity contribution in [2.24, 2.45) is 0 Å². The van der Waals surface area contributed by atoms with E-state index in [1.807, 2.05) is 13.3 Å². The van der Waals surface area contributed by atoms with Crippen molar-refractivity contribution in [3.63, 3.8) is 0 Å². The van der Waals surface area contributed by atoms with Gasteiger partial charge in [-0.15, -0.1) is 0 Å². The molecule has 2 bridgehead atoms. The van der Waals surface area contributed by atoms with Crippen LogP contribution in [-0.2, 0) is 13.1 Å². The third-order valence-corrected chi connectivity index (χ3v) is 4.80. The van der Waals surface area contributed by atoms with Gasteiger partial charge in [0.1, 0.15) is 5.76 Å². The van der Waals surface area contributed by atoms with Gasteiger partial charge in [0.2, 0.25) is 0 Å². The first-order valence-corrected chi connectivity index (χ1v) is 7.42. The van der Waals surface area contributed by atoms with Crippen LogP contribution >= 0.6 is 0 Å². The second-order valence-corrected chi connectivity index (χ2v) is 5.97. The predicted octanol–water partition coefficient (Wildman–Crippen LogP) is 1.67. The Balaban J connectivity index is 1.65. The molecule has 0 amide bonds. The predicted molar refractivity (Wildman–Crippen MR) is 75.9 cm³/mol. The number of nitrogens with zero attached hydrogens (tertiary/aromatic N) is 2. The average molecular weight is 263 g/mol. The van der Waals surface area contributed by atoms with E-state index in [-0.39, 0.29) is 0 Å². The van der Waals surface area contributed by atoms with E-state index < -0.39 is 0 Å². The van der Waals surface area contributed by atoms with Gasteiger partial charge in [-0.1, -0.05) is 0 Å². The lowest BCUT2D eigenvalue weighted by molar-refractivity contribution is 0.214. The molecule has 3 rings (SSSR count). The number of rotatable bonds is 4. The zero-order valence-corrected chi connectivity index (χ0v) is 12.1. The van der Waals surface area contributed by atoms with E-state index in [4.69, 9.17) is 4.42 Å². The third kappa shape index (κ3) is 2.71. The molecule has 1 N–H and O–H groups in total. The highest BCUT2D eigenvalue weighted by molar-refractivity contribution is 5.17. The highest BCUT2D eigenvalue weighted by Gasteiger charge is 2.34. The van der Waals surface area contributed by atoms with E-state index in [9.17, 15) is 0 Å². The fraction of sp³-hybridized carbons (Fsp3) is 0.733. The van der Waals surface area contributed by atoms with Crippen molar-refractivity contribution >= 4 is 0 Å². The molecule has 0 radical (unpaired) electrons. The van der Waals surface area contributed by atoms with Gasteiger partial charge in [0, 0.05) is 37.3 Å². The summed E-state index contributed by atoms with van der Waals surface area (Å²) >= 11 is 0. The van der Waals surface area contributed by atoms with Crippen LogP contribution in [0.15, 0.2) is 16.7 Å². The van der Waals surface area contributed by atoms with Crippen LogP contribution in [0.25, 0.3) is 0 Å². The molecule has 2 saturated heterocycles. The minimum absolute atomic E-state index is 0.757. The number of nitrogens with one attached hydrogen (secondary N) is 1. The second-order valence-electron chi connectivity index (χ2n) is 5.97. The molecular formula is C15H25N3O. The maximum atomic E-state index is 5.56. The molecule has 0 spiro atoms. The molecule has 3 heterocycles. The maximum absolute atomic E-state index is 5.56. The fourth-order valence-corrected chi connectivity index (χ4v) is 3.59. The molecule has 4 heteroatoms. The van der Waals surface area contributed by atoms with Crippen molar-refractivity contribution in [2.75, 3.05) is 27.2 Å². The van der Waals surface area contributed by atoms with Crippen molar-refractivity contribution in [1.82, 2.24) is 15.1 Å². The van der Waals surface area contributed by atoms with Gasteiger partial charge >= 0.3 is 0 Å². The Labute approximate surface area is 115 Å². The Morgan fingerprint density at radius 1 is 1.32 bits per heavy atom. The number of hydrogen-bond donors (Lipinski definition) is 1. The Kier molecular flexibility index (Phi) is 3.91. The van der Waals surface area contributed by atoms with Crippen LogP contribution in [0, 0.1) is 0 Å². The van der Waals surface area contributed by atoms with Gasteiger partial charge in [-0.05, 0) is 39.4 Å². The highest BCUT2D eigenvalue weighted by Crippen LogP contribution is 2.29. The number of likely N-dealkylation sites (tertiary alicyclic amines) is 1. The molecule has 2 unspecified atom stereocenters. The SMILES string of the molecule is CNCc1occc1CN1CCC2CCC(C1)N2C.